The van der Waals surface area contributed by atoms with E-state index in [-0.39, 0.29) is 17.1 Å². The number of aromatic nitrogens is 1. The number of aryl methyl sites for hydroxylation is 1. The number of benzene rings is 4. The summed E-state index contributed by atoms with van der Waals surface area (Å²) in [6.07, 6.45) is 3.29. The zero-order chi connectivity index (χ0) is 26.5. The second-order valence-electron chi connectivity index (χ2n) is 9.00. The van der Waals surface area contributed by atoms with E-state index < -0.39 is 0 Å². The second kappa shape index (κ2) is 11.4. The maximum absolute atomic E-state index is 13.0. The molecular weight excluding hydrogens is 490 g/mol. The van der Waals surface area contributed by atoms with Crippen LogP contribution in [0.5, 0.6) is 0 Å². The highest BCUT2D eigenvalue weighted by Crippen LogP contribution is 2.32. The summed E-state index contributed by atoms with van der Waals surface area (Å²) in [6, 6.07) is 31.6. The number of para-hydroxylation sites is 1. The molecule has 0 fully saturated rings. The van der Waals surface area contributed by atoms with Crippen molar-refractivity contribution in [2.24, 2.45) is 0 Å². The first-order valence-electron chi connectivity index (χ1n) is 12.6. The Morgan fingerprint density at radius 2 is 1.55 bits per heavy atom. The van der Waals surface area contributed by atoms with Crippen LogP contribution in [0.25, 0.3) is 27.9 Å². The van der Waals surface area contributed by atoms with Crippen molar-refractivity contribution in [2.45, 2.75) is 30.5 Å². The van der Waals surface area contributed by atoms with Crippen LogP contribution < -0.4 is 10.6 Å². The van der Waals surface area contributed by atoms with Crippen LogP contribution >= 0.6 is 11.8 Å². The van der Waals surface area contributed by atoms with Crippen LogP contribution in [0, 0.1) is 0 Å². The summed E-state index contributed by atoms with van der Waals surface area (Å²) in [6.45, 7) is 4.91. The molecule has 0 saturated carbocycles. The Balaban J connectivity index is 1.24. The Morgan fingerprint density at radius 1 is 0.816 bits per heavy atom. The third-order valence-electron chi connectivity index (χ3n) is 6.37. The molecule has 1 heterocycles. The number of carbonyl (C=O) groups is 2. The molecule has 0 saturated heterocycles. The van der Waals surface area contributed by atoms with Gasteiger partial charge in [0.05, 0.1) is 5.25 Å². The molecule has 0 bridgehead atoms. The van der Waals surface area contributed by atoms with Crippen molar-refractivity contribution in [3.05, 3.63) is 109 Å². The van der Waals surface area contributed by atoms with Gasteiger partial charge >= 0.3 is 0 Å². The van der Waals surface area contributed by atoms with Gasteiger partial charge in [-0.1, -0.05) is 54.6 Å². The molecule has 0 spiro atoms. The molecule has 38 heavy (non-hydrogen) atoms. The molecule has 4 aromatic carbocycles. The number of nitrogens with zero attached hydrogens (tertiary/aromatic N) is 1. The monoisotopic (exact) mass is 519 g/mol. The summed E-state index contributed by atoms with van der Waals surface area (Å²) >= 11 is 1.45. The Morgan fingerprint density at radius 3 is 2.37 bits per heavy atom. The molecule has 2 N–H and O–H groups in total. The highest BCUT2D eigenvalue weighted by atomic mass is 32.2. The molecule has 1 atom stereocenters. The van der Waals surface area contributed by atoms with E-state index in [0.717, 1.165) is 33.6 Å². The van der Waals surface area contributed by atoms with Crippen molar-refractivity contribution >= 4 is 62.8 Å². The first-order valence-corrected chi connectivity index (χ1v) is 13.5. The quantitative estimate of drug-likeness (QED) is 0.164. The number of nitrogens with one attached hydrogen (secondary N) is 2. The molecule has 190 valence electrons. The van der Waals surface area contributed by atoms with Gasteiger partial charge in [-0.3, -0.25) is 9.59 Å². The fourth-order valence-electron chi connectivity index (χ4n) is 4.54. The predicted octanol–water partition coefficient (Wildman–Crippen LogP) is 7.59. The van der Waals surface area contributed by atoms with E-state index >= 15 is 0 Å². The molecule has 5 aromatic rings. The number of thioether (sulfide) groups is 1. The number of hydrogen-bond donors (Lipinski definition) is 2. The van der Waals surface area contributed by atoms with Gasteiger partial charge in [0.25, 0.3) is 0 Å². The lowest BCUT2D eigenvalue weighted by Gasteiger charge is -2.13. The van der Waals surface area contributed by atoms with Crippen molar-refractivity contribution in [2.75, 3.05) is 10.6 Å². The smallest absolute Gasteiger partial charge is 0.248 e. The summed E-state index contributed by atoms with van der Waals surface area (Å²) in [5, 5.41) is 7.95. The van der Waals surface area contributed by atoms with Gasteiger partial charge < -0.3 is 15.2 Å². The van der Waals surface area contributed by atoms with Crippen LogP contribution in [-0.2, 0) is 16.1 Å². The first-order chi connectivity index (χ1) is 18.5. The minimum atomic E-state index is -0.327. The fraction of sp³-hybridized carbons (Fsp3) is 0.125. The van der Waals surface area contributed by atoms with Crippen molar-refractivity contribution in [1.82, 2.24) is 4.57 Å². The zero-order valence-electron chi connectivity index (χ0n) is 21.3. The van der Waals surface area contributed by atoms with E-state index in [9.17, 15) is 9.59 Å². The highest BCUT2D eigenvalue weighted by molar-refractivity contribution is 8.00. The number of anilines is 2. The fourth-order valence-corrected chi connectivity index (χ4v) is 5.47. The summed E-state index contributed by atoms with van der Waals surface area (Å²) in [7, 11) is 0. The van der Waals surface area contributed by atoms with Crippen molar-refractivity contribution in [1.29, 1.82) is 0 Å². The third-order valence-corrected chi connectivity index (χ3v) is 7.46. The van der Waals surface area contributed by atoms with Crippen molar-refractivity contribution in [3.8, 4) is 0 Å². The molecule has 5 nitrogen and oxygen atoms in total. The summed E-state index contributed by atoms with van der Waals surface area (Å²) in [5.41, 5.74) is 4.77. The van der Waals surface area contributed by atoms with Gasteiger partial charge in [-0.05, 0) is 68.0 Å². The van der Waals surface area contributed by atoms with Crippen LogP contribution in [0.15, 0.2) is 108 Å². The van der Waals surface area contributed by atoms with Gasteiger partial charge in [0.2, 0.25) is 11.8 Å². The van der Waals surface area contributed by atoms with E-state index in [1.165, 1.54) is 28.7 Å². The lowest BCUT2D eigenvalue weighted by atomic mass is 10.1. The summed E-state index contributed by atoms with van der Waals surface area (Å²) in [4.78, 5) is 26.3. The van der Waals surface area contributed by atoms with Gasteiger partial charge in [0, 0.05) is 50.7 Å². The van der Waals surface area contributed by atoms with Crippen LogP contribution in [0.3, 0.4) is 0 Å². The number of carbonyl (C=O) groups excluding carboxylic acids is 2. The molecule has 0 radical (unpaired) electrons. The minimum absolute atomic E-state index is 0.0752. The molecular formula is C32H29N3O2S. The minimum Gasteiger partial charge on any atom is -0.341 e. The van der Waals surface area contributed by atoms with Gasteiger partial charge in [-0.2, -0.15) is 0 Å². The van der Waals surface area contributed by atoms with Gasteiger partial charge in [0.1, 0.15) is 0 Å². The van der Waals surface area contributed by atoms with Crippen LogP contribution in [0.1, 0.15) is 19.4 Å². The molecule has 5 rings (SSSR count). The standard InChI is InChI=1S/C32H29N3O2S/c1-3-35-29-15-8-7-14-27(29)28-21-25(17-18-30(28)35)34-32(37)22(2)38-26-13-9-12-24(20-26)33-31(36)19-16-23-10-5-4-6-11-23/h4-22H,3H2,1-2H3,(H,33,36)(H,34,37)/b19-16+. The Labute approximate surface area is 226 Å². The molecule has 0 aliphatic rings. The Bertz CT molecular complexity index is 1640. The van der Waals surface area contributed by atoms with E-state index in [1.54, 1.807) is 6.08 Å². The highest BCUT2D eigenvalue weighted by Gasteiger charge is 2.16. The molecule has 1 aromatic heterocycles. The number of fused-ring (bicyclic) bond motifs is 3. The van der Waals surface area contributed by atoms with Gasteiger partial charge in [-0.15, -0.1) is 11.8 Å². The third kappa shape index (κ3) is 5.66. The van der Waals surface area contributed by atoms with E-state index in [4.69, 9.17) is 0 Å². The second-order valence-corrected chi connectivity index (χ2v) is 10.4. The maximum atomic E-state index is 13.0. The normalized spacial score (nSPS) is 12.2. The SMILES string of the molecule is CCn1c2ccccc2c2cc(NC(=O)C(C)Sc3cccc(NC(=O)/C=C/c4ccccc4)c3)ccc21. The molecule has 0 aliphatic heterocycles. The van der Waals surface area contributed by atoms with Crippen LogP contribution in [0.2, 0.25) is 0 Å². The summed E-state index contributed by atoms with van der Waals surface area (Å²) < 4.78 is 2.29. The average molecular weight is 520 g/mol. The maximum Gasteiger partial charge on any atom is 0.248 e. The topological polar surface area (TPSA) is 63.1 Å². The van der Waals surface area contributed by atoms with Gasteiger partial charge in [-0.25, -0.2) is 0 Å². The number of hydrogen-bond acceptors (Lipinski definition) is 3. The average Bonchev–Trinajstić information content (AvgIpc) is 3.25. The van der Waals surface area contributed by atoms with Crippen LogP contribution in [-0.4, -0.2) is 21.6 Å². The molecule has 6 heteroatoms. The first kappa shape index (κ1) is 25.4. The van der Waals surface area contributed by atoms with E-state index in [1.807, 2.05) is 73.7 Å². The lowest BCUT2D eigenvalue weighted by molar-refractivity contribution is -0.115. The van der Waals surface area contributed by atoms with E-state index in [0.29, 0.717) is 5.69 Å². The molecule has 2 amide bonds. The Hall–Kier alpha value is -4.29. The number of rotatable bonds is 8. The number of amides is 2. The lowest BCUT2D eigenvalue weighted by Crippen LogP contribution is -2.22. The van der Waals surface area contributed by atoms with Crippen molar-refractivity contribution in [3.63, 3.8) is 0 Å². The van der Waals surface area contributed by atoms with Gasteiger partial charge in [0.15, 0.2) is 0 Å². The Kier molecular flexibility index (Phi) is 7.61. The largest absolute Gasteiger partial charge is 0.341 e. The molecule has 1 unspecified atom stereocenters. The summed E-state index contributed by atoms with van der Waals surface area (Å²) in [5.74, 6) is -0.282. The zero-order valence-corrected chi connectivity index (χ0v) is 22.2. The van der Waals surface area contributed by atoms with Crippen molar-refractivity contribution < 1.29 is 9.59 Å². The van der Waals surface area contributed by atoms with Crippen LogP contribution in [0.4, 0.5) is 11.4 Å². The predicted molar refractivity (Wildman–Crippen MR) is 160 cm³/mol. The van der Waals surface area contributed by atoms with E-state index in [2.05, 4.69) is 52.5 Å². The molecule has 0 aliphatic carbocycles.